The number of carbonyl (C=O) groups is 1. The van der Waals surface area contributed by atoms with Crippen LogP contribution >= 0.6 is 11.3 Å². The fourth-order valence-corrected chi connectivity index (χ4v) is 5.59. The molecule has 0 saturated heterocycles. The number of ether oxygens (including phenoxy) is 1. The van der Waals surface area contributed by atoms with Gasteiger partial charge in [-0.25, -0.2) is 9.78 Å². The number of esters is 1. The van der Waals surface area contributed by atoms with E-state index < -0.39 is 12.0 Å². The molecule has 0 aliphatic heterocycles. The number of benzene rings is 1. The summed E-state index contributed by atoms with van der Waals surface area (Å²) in [6.45, 7) is 4.63. The first-order valence-electron chi connectivity index (χ1n) is 10.8. The third kappa shape index (κ3) is 4.43. The number of rotatable bonds is 6. The third-order valence-electron chi connectivity index (χ3n) is 5.84. The molecule has 1 aromatic carbocycles. The van der Waals surface area contributed by atoms with Gasteiger partial charge in [-0.15, -0.1) is 11.3 Å². The van der Waals surface area contributed by atoms with E-state index in [1.807, 2.05) is 49.3 Å². The van der Waals surface area contributed by atoms with Crippen molar-refractivity contribution in [3.63, 3.8) is 0 Å². The van der Waals surface area contributed by atoms with E-state index in [1.54, 1.807) is 22.8 Å². The van der Waals surface area contributed by atoms with Gasteiger partial charge in [-0.05, 0) is 57.3 Å². The van der Waals surface area contributed by atoms with Crippen LogP contribution in [0.3, 0.4) is 0 Å². The third-order valence-corrected chi connectivity index (χ3v) is 6.99. The molecule has 4 rings (SSSR count). The molecule has 3 aromatic rings. The highest BCUT2D eigenvalue weighted by Gasteiger charge is 2.28. The van der Waals surface area contributed by atoms with E-state index >= 15 is 0 Å². The van der Waals surface area contributed by atoms with Crippen molar-refractivity contribution in [1.82, 2.24) is 14.5 Å². The Morgan fingerprint density at radius 3 is 2.77 bits per heavy atom. The van der Waals surface area contributed by atoms with Gasteiger partial charge in [0, 0.05) is 4.88 Å². The summed E-state index contributed by atoms with van der Waals surface area (Å²) in [5.74, 6) is 0.791. The molecule has 2 aromatic heterocycles. The maximum absolute atomic E-state index is 13.7. The summed E-state index contributed by atoms with van der Waals surface area (Å²) >= 11 is 1.64. The normalized spacial score (nSPS) is 17.0. The Morgan fingerprint density at radius 1 is 1.32 bits per heavy atom. The first-order chi connectivity index (χ1) is 14.8. The number of hydrogen-bond donors (Lipinski definition) is 0. The van der Waals surface area contributed by atoms with Crippen LogP contribution in [0.5, 0.6) is 0 Å². The minimum atomic E-state index is -0.749. The molecule has 0 spiro atoms. The summed E-state index contributed by atoms with van der Waals surface area (Å²) in [7, 11) is 3.86. The molecule has 0 radical (unpaired) electrons. The lowest BCUT2D eigenvalue weighted by molar-refractivity contribution is -0.148. The zero-order chi connectivity index (χ0) is 22.1. The maximum Gasteiger partial charge on any atom is 0.329 e. The number of aromatic nitrogens is 2. The van der Waals surface area contributed by atoms with Crippen LogP contribution in [0, 0.1) is 5.92 Å². The zero-order valence-electron chi connectivity index (χ0n) is 18.6. The SMILES string of the molecule is CC1CCc2c(sc3nc(CN(C)C)n(C(C)C(=O)OCc4ccccc4)c(=O)c23)C1. The van der Waals surface area contributed by atoms with Crippen LogP contribution in [0.1, 0.15) is 48.1 Å². The Hall–Kier alpha value is -2.51. The van der Waals surface area contributed by atoms with Gasteiger partial charge >= 0.3 is 5.97 Å². The fourth-order valence-electron chi connectivity index (χ4n) is 4.19. The van der Waals surface area contributed by atoms with Crippen LogP contribution in [0.2, 0.25) is 0 Å². The van der Waals surface area contributed by atoms with Crippen LogP contribution < -0.4 is 5.56 Å². The second-order valence-corrected chi connectivity index (χ2v) is 9.83. The van der Waals surface area contributed by atoms with Gasteiger partial charge in [-0.2, -0.15) is 0 Å². The van der Waals surface area contributed by atoms with Crippen LogP contribution in [-0.4, -0.2) is 34.5 Å². The zero-order valence-corrected chi connectivity index (χ0v) is 19.4. The van der Waals surface area contributed by atoms with Crippen LogP contribution in [-0.2, 0) is 35.5 Å². The number of aryl methyl sites for hydroxylation is 1. The monoisotopic (exact) mass is 439 g/mol. The lowest BCUT2D eigenvalue weighted by atomic mass is 9.89. The molecular formula is C24H29N3O3S. The van der Waals surface area contributed by atoms with E-state index in [0.29, 0.717) is 23.7 Å². The van der Waals surface area contributed by atoms with Gasteiger partial charge in [0.25, 0.3) is 5.56 Å². The number of carbonyl (C=O) groups excluding carboxylic acids is 1. The number of nitrogens with zero attached hydrogens (tertiary/aromatic N) is 3. The molecule has 31 heavy (non-hydrogen) atoms. The van der Waals surface area contributed by atoms with Gasteiger partial charge in [-0.1, -0.05) is 37.3 Å². The molecule has 0 amide bonds. The van der Waals surface area contributed by atoms with E-state index in [9.17, 15) is 9.59 Å². The molecule has 0 saturated carbocycles. The smallest absolute Gasteiger partial charge is 0.329 e. The molecule has 164 valence electrons. The van der Waals surface area contributed by atoms with Gasteiger partial charge in [0.1, 0.15) is 23.3 Å². The fraction of sp³-hybridized carbons (Fsp3) is 0.458. The minimum Gasteiger partial charge on any atom is -0.459 e. The molecule has 0 bridgehead atoms. The highest BCUT2D eigenvalue weighted by molar-refractivity contribution is 7.18. The van der Waals surface area contributed by atoms with E-state index in [1.165, 1.54) is 4.88 Å². The average molecular weight is 440 g/mol. The average Bonchev–Trinajstić information content (AvgIpc) is 3.09. The van der Waals surface area contributed by atoms with Crippen molar-refractivity contribution in [2.45, 2.75) is 52.3 Å². The largest absolute Gasteiger partial charge is 0.459 e. The number of fused-ring (bicyclic) bond motifs is 3. The molecule has 7 heteroatoms. The van der Waals surface area contributed by atoms with Crippen LogP contribution in [0.25, 0.3) is 10.2 Å². The Bertz CT molecular complexity index is 1150. The van der Waals surface area contributed by atoms with E-state index in [0.717, 1.165) is 35.2 Å². The van der Waals surface area contributed by atoms with Gasteiger partial charge in [0.05, 0.1) is 11.9 Å². The lowest BCUT2D eigenvalue weighted by Crippen LogP contribution is -2.34. The highest BCUT2D eigenvalue weighted by atomic mass is 32.1. The van der Waals surface area contributed by atoms with Crippen LogP contribution in [0.4, 0.5) is 0 Å². The van der Waals surface area contributed by atoms with E-state index in [2.05, 4.69) is 6.92 Å². The summed E-state index contributed by atoms with van der Waals surface area (Å²) in [6, 6.07) is 8.81. The number of hydrogen-bond acceptors (Lipinski definition) is 6. The second-order valence-electron chi connectivity index (χ2n) is 8.74. The summed E-state index contributed by atoms with van der Waals surface area (Å²) < 4.78 is 7.08. The van der Waals surface area contributed by atoms with Crippen molar-refractivity contribution in [3.8, 4) is 0 Å². The number of thiophene rings is 1. The summed E-state index contributed by atoms with van der Waals surface area (Å²) in [5, 5.41) is 0.692. The van der Waals surface area contributed by atoms with Gasteiger partial charge in [-0.3, -0.25) is 9.36 Å². The standard InChI is InChI=1S/C24H29N3O3S/c1-15-10-11-18-19(12-15)31-22-21(18)23(28)27(20(25-22)13-26(3)4)16(2)24(29)30-14-17-8-6-5-7-9-17/h5-9,15-16H,10-14H2,1-4H3. The van der Waals surface area contributed by atoms with Crippen molar-refractivity contribution in [2.75, 3.05) is 14.1 Å². The first-order valence-corrected chi connectivity index (χ1v) is 11.6. The van der Waals surface area contributed by atoms with Crippen molar-refractivity contribution < 1.29 is 9.53 Å². The minimum absolute atomic E-state index is 0.127. The van der Waals surface area contributed by atoms with E-state index in [-0.39, 0.29) is 12.2 Å². The molecular weight excluding hydrogens is 410 g/mol. The molecule has 0 fully saturated rings. The van der Waals surface area contributed by atoms with Gasteiger partial charge < -0.3 is 9.64 Å². The first kappa shape index (κ1) is 21.7. The molecule has 2 atom stereocenters. The van der Waals surface area contributed by atoms with Gasteiger partial charge in [0.15, 0.2) is 0 Å². The van der Waals surface area contributed by atoms with Crippen molar-refractivity contribution >= 4 is 27.5 Å². The predicted octanol–water partition coefficient (Wildman–Crippen LogP) is 3.95. The molecule has 2 unspecified atom stereocenters. The molecule has 2 heterocycles. The molecule has 1 aliphatic carbocycles. The van der Waals surface area contributed by atoms with Gasteiger partial charge in [0.2, 0.25) is 0 Å². The summed E-state index contributed by atoms with van der Waals surface area (Å²) in [5.41, 5.74) is 1.92. The van der Waals surface area contributed by atoms with Crippen molar-refractivity contribution in [2.24, 2.45) is 5.92 Å². The lowest BCUT2D eigenvalue weighted by Gasteiger charge is -2.21. The highest BCUT2D eigenvalue weighted by Crippen LogP contribution is 2.36. The van der Waals surface area contributed by atoms with Crippen LogP contribution in [0.15, 0.2) is 35.1 Å². The van der Waals surface area contributed by atoms with Crippen molar-refractivity contribution in [3.05, 3.63) is 62.5 Å². The maximum atomic E-state index is 13.7. The topological polar surface area (TPSA) is 64.4 Å². The summed E-state index contributed by atoms with van der Waals surface area (Å²) in [4.78, 5) is 35.4. The second kappa shape index (κ2) is 8.93. The Balaban J connectivity index is 1.72. The quantitative estimate of drug-likeness (QED) is 0.544. The molecule has 1 aliphatic rings. The van der Waals surface area contributed by atoms with E-state index in [4.69, 9.17) is 9.72 Å². The Morgan fingerprint density at radius 2 is 2.06 bits per heavy atom. The Labute approximate surface area is 186 Å². The molecule has 0 N–H and O–H groups in total. The summed E-state index contributed by atoms with van der Waals surface area (Å²) in [6.07, 6.45) is 2.97. The Kier molecular flexibility index (Phi) is 6.25. The molecule has 6 nitrogen and oxygen atoms in total. The van der Waals surface area contributed by atoms with Crippen molar-refractivity contribution in [1.29, 1.82) is 0 Å². The predicted molar refractivity (Wildman–Crippen MR) is 123 cm³/mol.